The molecular weight excluding hydrogens is 428 g/mol. The molecule has 0 unspecified atom stereocenters. The van der Waals surface area contributed by atoms with Crippen LogP contribution in [0.2, 0.25) is 0 Å². The van der Waals surface area contributed by atoms with Gasteiger partial charge >= 0.3 is 0 Å². The van der Waals surface area contributed by atoms with E-state index in [4.69, 9.17) is 0 Å². The molecule has 2 bridgehead atoms. The topological polar surface area (TPSA) is 0 Å². The van der Waals surface area contributed by atoms with Crippen molar-refractivity contribution < 1.29 is 26.3 Å². The molecule has 3 aliphatic rings. The van der Waals surface area contributed by atoms with Crippen LogP contribution in [0.5, 0.6) is 0 Å². The van der Waals surface area contributed by atoms with Gasteiger partial charge in [0.2, 0.25) is 6.84 Å². The van der Waals surface area contributed by atoms with Crippen LogP contribution in [0.3, 0.4) is 0 Å². The van der Waals surface area contributed by atoms with Gasteiger partial charge in [0.05, 0.1) is 0 Å². The van der Waals surface area contributed by atoms with E-state index in [0.29, 0.717) is 45.2 Å². The maximum absolute atomic E-state index is 12.8. The Kier molecular flexibility index (Phi) is 1.59. The molecule has 3 saturated carbocycles. The Hall–Kier alpha value is 1.04. The maximum atomic E-state index is 12.8. The van der Waals surface area contributed by atoms with E-state index < -0.39 is 24.6 Å². The number of hydrogen-bond donors (Lipinski definition) is 0. The summed E-state index contributed by atoms with van der Waals surface area (Å²) in [7, 11) is 0. The van der Waals surface area contributed by atoms with Gasteiger partial charge in [-0.1, -0.05) is 45.2 Å². The summed E-state index contributed by atoms with van der Waals surface area (Å²) in [6.45, 7) is 0. The zero-order valence-electron chi connectivity index (χ0n) is 5.52. The lowest BCUT2D eigenvalue weighted by Crippen LogP contribution is -3.07. The van der Waals surface area contributed by atoms with E-state index in [-0.39, 0.29) is 0 Å². The first kappa shape index (κ1) is 10.6. The Morgan fingerprint density at radius 3 is 0.769 bits per heavy atom. The van der Waals surface area contributed by atoms with Gasteiger partial charge in [-0.3, -0.25) is 0 Å². The lowest BCUT2D eigenvalue weighted by Gasteiger charge is -2.77. The third kappa shape index (κ3) is 0.525. The number of halogens is 8. The molecule has 0 amide bonds. The van der Waals surface area contributed by atoms with Crippen LogP contribution in [-0.2, 0) is 0 Å². The van der Waals surface area contributed by atoms with Crippen molar-refractivity contribution in [3.63, 3.8) is 0 Å². The summed E-state index contributed by atoms with van der Waals surface area (Å²) in [4.78, 5) is 0. The molecule has 3 aliphatic carbocycles. The Balaban J connectivity index is 2.57. The van der Waals surface area contributed by atoms with Crippen LogP contribution in [0, 0.1) is 0 Å². The molecule has 0 aromatic rings. The molecular formula is C5F6I2. The summed E-state index contributed by atoms with van der Waals surface area (Å²) in [5, 5.41) is 0. The normalized spacial score (nSPS) is 53.5. The third-order valence-corrected chi connectivity index (χ3v) is 6.66. The Morgan fingerprint density at radius 2 is 0.692 bits per heavy atom. The van der Waals surface area contributed by atoms with E-state index in [1.807, 2.05) is 0 Å². The molecule has 3 fully saturated rings. The minimum atomic E-state index is -4.01. The molecule has 0 aromatic heterocycles. The van der Waals surface area contributed by atoms with E-state index in [0.717, 1.165) is 0 Å². The number of hydrogen-bond acceptors (Lipinski definition) is 0. The zero-order chi connectivity index (χ0) is 10.5. The molecule has 3 rings (SSSR count). The van der Waals surface area contributed by atoms with Crippen molar-refractivity contribution in [1.82, 2.24) is 0 Å². The molecule has 8 heteroatoms. The average molecular weight is 428 g/mol. The van der Waals surface area contributed by atoms with Crippen LogP contribution in [0.4, 0.5) is 26.3 Å². The first-order valence-electron chi connectivity index (χ1n) is 3.01. The summed E-state index contributed by atoms with van der Waals surface area (Å²) in [6, 6.07) is 0. The molecule has 13 heavy (non-hydrogen) atoms. The number of alkyl halides is 8. The van der Waals surface area contributed by atoms with Crippen molar-refractivity contribution in [1.29, 1.82) is 0 Å². The van der Waals surface area contributed by atoms with Crippen molar-refractivity contribution in [3.05, 3.63) is 0 Å². The van der Waals surface area contributed by atoms with Gasteiger partial charge in [-0.2, -0.15) is 0 Å². The highest BCUT2D eigenvalue weighted by atomic mass is 127. The van der Waals surface area contributed by atoms with Gasteiger partial charge in [-0.25, -0.2) is 26.3 Å². The predicted octanol–water partition coefficient (Wildman–Crippen LogP) is 3.27. The lowest BCUT2D eigenvalue weighted by atomic mass is 9.45. The Morgan fingerprint density at radius 1 is 0.538 bits per heavy atom. The van der Waals surface area contributed by atoms with E-state index in [1.54, 1.807) is 0 Å². The van der Waals surface area contributed by atoms with Crippen LogP contribution in [0.25, 0.3) is 0 Å². The minimum Gasteiger partial charge on any atom is -0.203 e. The highest BCUT2D eigenvalue weighted by molar-refractivity contribution is 14.1. The largest absolute Gasteiger partial charge is 0.300 e. The highest BCUT2D eigenvalue weighted by Crippen LogP contribution is 2.91. The van der Waals surface area contributed by atoms with Crippen molar-refractivity contribution >= 4 is 45.2 Å². The average Bonchev–Trinajstić information content (AvgIpc) is 1.99. The molecule has 0 aromatic carbocycles. The van der Waals surface area contributed by atoms with Crippen LogP contribution < -0.4 is 0 Å². The molecule has 0 N–H and O–H groups in total. The first-order valence-corrected chi connectivity index (χ1v) is 5.17. The SMILES string of the molecule is FC1(F)C2(I)C(F)(F)C1(I)C2(F)F. The number of rotatable bonds is 0. The van der Waals surface area contributed by atoms with Gasteiger partial charge in [0.25, 0.3) is 17.8 Å². The summed E-state index contributed by atoms with van der Waals surface area (Å²) in [5.74, 6) is -12.0. The molecule has 0 spiro atoms. The van der Waals surface area contributed by atoms with Crippen molar-refractivity contribution in [2.45, 2.75) is 24.6 Å². The molecule has 0 atom stereocenters. The zero-order valence-corrected chi connectivity index (χ0v) is 9.84. The van der Waals surface area contributed by atoms with Gasteiger partial charge in [0.1, 0.15) is 0 Å². The summed E-state index contributed by atoms with van der Waals surface area (Å²) >= 11 is 0.954. The van der Waals surface area contributed by atoms with E-state index in [1.165, 1.54) is 0 Å². The predicted molar refractivity (Wildman–Crippen MR) is 48.3 cm³/mol. The molecule has 0 heterocycles. The minimum absolute atomic E-state index is 0.477. The fourth-order valence-electron chi connectivity index (χ4n) is 1.71. The third-order valence-electron chi connectivity index (χ3n) is 2.60. The first-order chi connectivity index (χ1) is 5.50. The second-order valence-electron chi connectivity index (χ2n) is 3.04. The Bertz CT molecular complexity index is 230. The van der Waals surface area contributed by atoms with Crippen molar-refractivity contribution in [3.8, 4) is 0 Å². The molecule has 0 saturated heterocycles. The van der Waals surface area contributed by atoms with Gasteiger partial charge in [-0.15, -0.1) is 0 Å². The smallest absolute Gasteiger partial charge is 0.203 e. The Labute approximate surface area is 95.7 Å². The second kappa shape index (κ2) is 1.96. The van der Waals surface area contributed by atoms with Crippen molar-refractivity contribution in [2.75, 3.05) is 0 Å². The van der Waals surface area contributed by atoms with E-state index >= 15 is 0 Å². The maximum Gasteiger partial charge on any atom is 0.300 e. The van der Waals surface area contributed by atoms with Gasteiger partial charge < -0.3 is 0 Å². The summed E-state index contributed by atoms with van der Waals surface area (Å²) < 4.78 is 69.6. The van der Waals surface area contributed by atoms with Crippen LogP contribution in [-0.4, -0.2) is 24.6 Å². The van der Waals surface area contributed by atoms with Crippen molar-refractivity contribution in [2.24, 2.45) is 0 Å². The monoisotopic (exact) mass is 428 g/mol. The molecule has 76 valence electrons. The molecule has 0 aliphatic heterocycles. The highest BCUT2D eigenvalue weighted by Gasteiger charge is 3.17. The standard InChI is InChI=1S/C5F6I2/c6-3(7)1(12)4(8,9)2(3,13)5(1,10)11. The molecule has 0 nitrogen and oxygen atoms in total. The fourth-order valence-corrected chi connectivity index (χ4v) is 5.68. The summed E-state index contributed by atoms with van der Waals surface area (Å²) in [5.41, 5.74) is 0. The quantitative estimate of drug-likeness (QED) is 0.316. The van der Waals surface area contributed by atoms with Gasteiger partial charge in [-0.05, 0) is 0 Å². The lowest BCUT2D eigenvalue weighted by molar-refractivity contribution is -0.460. The van der Waals surface area contributed by atoms with Crippen LogP contribution >= 0.6 is 45.2 Å². The van der Waals surface area contributed by atoms with Gasteiger partial charge in [0.15, 0.2) is 0 Å². The van der Waals surface area contributed by atoms with Crippen LogP contribution in [0.1, 0.15) is 0 Å². The fraction of sp³-hybridized carbons (Fsp3) is 1.00. The van der Waals surface area contributed by atoms with E-state index in [9.17, 15) is 26.3 Å². The summed E-state index contributed by atoms with van der Waals surface area (Å²) in [6.07, 6.45) is 0. The van der Waals surface area contributed by atoms with Crippen LogP contribution in [0.15, 0.2) is 0 Å². The van der Waals surface area contributed by atoms with E-state index in [2.05, 4.69) is 0 Å². The second-order valence-corrected chi connectivity index (χ2v) is 6.28. The van der Waals surface area contributed by atoms with Gasteiger partial charge in [0, 0.05) is 0 Å². The molecule has 0 radical (unpaired) electrons.